The minimum absolute atomic E-state index is 0.626. The van der Waals surface area contributed by atoms with Gasteiger partial charge in [0.2, 0.25) is 0 Å². The Labute approximate surface area is 112 Å². The molecule has 2 aromatic rings. The number of rotatable bonds is 2. The van der Waals surface area contributed by atoms with Crippen LogP contribution in [-0.4, -0.2) is 5.11 Å². The molecule has 1 unspecified atom stereocenters. The lowest BCUT2D eigenvalue weighted by Gasteiger charge is -2.13. The van der Waals surface area contributed by atoms with E-state index >= 15 is 0 Å². The average Bonchev–Trinajstić information content (AvgIpc) is 2.67. The molecule has 0 radical (unpaired) electrons. The van der Waals surface area contributed by atoms with Crippen LogP contribution in [-0.2, 0) is 0 Å². The van der Waals surface area contributed by atoms with E-state index in [2.05, 4.69) is 15.9 Å². The highest BCUT2D eigenvalue weighted by atomic mass is 79.9. The molecule has 84 valence electrons. The van der Waals surface area contributed by atoms with Crippen molar-refractivity contribution in [3.05, 3.63) is 55.1 Å². The third kappa shape index (κ3) is 2.33. The van der Waals surface area contributed by atoms with Crippen molar-refractivity contribution in [2.75, 3.05) is 0 Å². The van der Waals surface area contributed by atoms with Crippen LogP contribution >= 0.6 is 38.9 Å². The summed E-state index contributed by atoms with van der Waals surface area (Å²) in [5.74, 6) is 0. The predicted octanol–water partition coefficient (Wildman–Crippen LogP) is 4.55. The Balaban J connectivity index is 2.45. The van der Waals surface area contributed by atoms with E-state index in [1.54, 1.807) is 11.3 Å². The first-order valence-corrected chi connectivity index (χ1v) is 6.86. The van der Waals surface area contributed by atoms with Gasteiger partial charge in [-0.15, -0.1) is 0 Å². The molecule has 0 aliphatic heterocycles. The first kappa shape index (κ1) is 12.1. The molecule has 1 N–H and O–H groups in total. The first-order chi connectivity index (χ1) is 7.59. The van der Waals surface area contributed by atoms with Crippen LogP contribution in [0.25, 0.3) is 0 Å². The van der Waals surface area contributed by atoms with Gasteiger partial charge in [-0.3, -0.25) is 0 Å². The van der Waals surface area contributed by atoms with Crippen molar-refractivity contribution in [2.24, 2.45) is 0 Å². The zero-order valence-corrected chi connectivity index (χ0v) is 11.7. The van der Waals surface area contributed by atoms with Crippen molar-refractivity contribution in [1.29, 1.82) is 0 Å². The molecule has 16 heavy (non-hydrogen) atoms. The third-order valence-electron chi connectivity index (χ3n) is 2.47. The van der Waals surface area contributed by atoms with Gasteiger partial charge in [0.05, 0.1) is 0 Å². The smallest absolute Gasteiger partial charge is 0.106 e. The molecule has 0 saturated heterocycles. The molecule has 2 rings (SSSR count). The summed E-state index contributed by atoms with van der Waals surface area (Å²) in [4.78, 5) is 0. The van der Waals surface area contributed by atoms with Crippen molar-refractivity contribution in [2.45, 2.75) is 13.0 Å². The molecule has 4 heteroatoms. The Morgan fingerprint density at radius 3 is 2.69 bits per heavy atom. The standard InChI is InChI=1S/C12H10BrClOS/c1-7-2-3-8(14)4-9(7)12(15)10-5-16-6-11(10)13/h2-6,12,15H,1H3. The van der Waals surface area contributed by atoms with E-state index in [0.717, 1.165) is 21.2 Å². The van der Waals surface area contributed by atoms with Crippen LogP contribution in [0.1, 0.15) is 22.8 Å². The maximum absolute atomic E-state index is 10.3. The van der Waals surface area contributed by atoms with E-state index in [-0.39, 0.29) is 0 Å². The number of hydrogen-bond donors (Lipinski definition) is 1. The van der Waals surface area contributed by atoms with Crippen molar-refractivity contribution in [3.63, 3.8) is 0 Å². The lowest BCUT2D eigenvalue weighted by molar-refractivity contribution is 0.219. The Bertz CT molecular complexity index is 509. The molecular weight excluding hydrogens is 308 g/mol. The van der Waals surface area contributed by atoms with Crippen molar-refractivity contribution < 1.29 is 5.11 Å². The third-order valence-corrected chi connectivity index (χ3v) is 4.46. The number of aliphatic hydroxyl groups excluding tert-OH is 1. The monoisotopic (exact) mass is 316 g/mol. The molecule has 0 aliphatic carbocycles. The fraction of sp³-hybridized carbons (Fsp3) is 0.167. The normalized spacial score (nSPS) is 12.8. The van der Waals surface area contributed by atoms with Gasteiger partial charge in [0.25, 0.3) is 0 Å². The second-order valence-electron chi connectivity index (χ2n) is 3.58. The zero-order valence-electron chi connectivity index (χ0n) is 8.58. The van der Waals surface area contributed by atoms with E-state index in [9.17, 15) is 5.11 Å². The van der Waals surface area contributed by atoms with Gasteiger partial charge in [-0.2, -0.15) is 11.3 Å². The summed E-state index contributed by atoms with van der Waals surface area (Å²) in [5, 5.41) is 14.8. The van der Waals surface area contributed by atoms with Crippen LogP contribution in [0.4, 0.5) is 0 Å². The van der Waals surface area contributed by atoms with Crippen LogP contribution in [0.5, 0.6) is 0 Å². The number of thiophene rings is 1. The van der Waals surface area contributed by atoms with Crippen LogP contribution < -0.4 is 0 Å². The molecule has 1 aromatic carbocycles. The first-order valence-electron chi connectivity index (χ1n) is 4.75. The van der Waals surface area contributed by atoms with Crippen molar-refractivity contribution in [1.82, 2.24) is 0 Å². The van der Waals surface area contributed by atoms with Gasteiger partial charge < -0.3 is 5.11 Å². The number of aliphatic hydroxyl groups is 1. The van der Waals surface area contributed by atoms with E-state index in [1.165, 1.54) is 0 Å². The molecule has 1 aromatic heterocycles. The lowest BCUT2D eigenvalue weighted by atomic mass is 10.00. The summed E-state index contributed by atoms with van der Waals surface area (Å²) in [6.45, 7) is 1.97. The molecule has 0 amide bonds. The molecule has 1 atom stereocenters. The quantitative estimate of drug-likeness (QED) is 0.861. The highest BCUT2D eigenvalue weighted by Gasteiger charge is 2.16. The highest BCUT2D eigenvalue weighted by Crippen LogP contribution is 2.33. The average molecular weight is 318 g/mol. The molecule has 0 saturated carbocycles. The maximum atomic E-state index is 10.3. The molecule has 0 aliphatic rings. The largest absolute Gasteiger partial charge is 0.384 e. The fourth-order valence-electron chi connectivity index (χ4n) is 1.56. The van der Waals surface area contributed by atoms with E-state index in [4.69, 9.17) is 11.6 Å². The van der Waals surface area contributed by atoms with Gasteiger partial charge in [0, 0.05) is 20.4 Å². The van der Waals surface area contributed by atoms with Crippen LogP contribution in [0.3, 0.4) is 0 Å². The van der Waals surface area contributed by atoms with Crippen LogP contribution in [0.15, 0.2) is 33.4 Å². The maximum Gasteiger partial charge on any atom is 0.106 e. The summed E-state index contributed by atoms with van der Waals surface area (Å²) in [7, 11) is 0. The Kier molecular flexibility index (Phi) is 3.70. The highest BCUT2D eigenvalue weighted by molar-refractivity contribution is 9.10. The summed E-state index contributed by atoms with van der Waals surface area (Å²) in [6, 6.07) is 5.56. The minimum atomic E-state index is -0.626. The molecule has 0 spiro atoms. The zero-order chi connectivity index (χ0) is 11.7. The molecule has 0 fully saturated rings. The lowest BCUT2D eigenvalue weighted by Crippen LogP contribution is -2.01. The van der Waals surface area contributed by atoms with Gasteiger partial charge >= 0.3 is 0 Å². The van der Waals surface area contributed by atoms with Gasteiger partial charge in [0.1, 0.15) is 6.10 Å². The molecular formula is C12H10BrClOS. The summed E-state index contributed by atoms with van der Waals surface area (Å²) in [6.07, 6.45) is -0.626. The number of halogens is 2. The van der Waals surface area contributed by atoms with Crippen LogP contribution in [0.2, 0.25) is 5.02 Å². The minimum Gasteiger partial charge on any atom is -0.384 e. The summed E-state index contributed by atoms with van der Waals surface area (Å²) >= 11 is 10.9. The summed E-state index contributed by atoms with van der Waals surface area (Å²) in [5.41, 5.74) is 2.77. The Hall–Kier alpha value is -0.350. The van der Waals surface area contributed by atoms with E-state index in [0.29, 0.717) is 5.02 Å². The predicted molar refractivity (Wildman–Crippen MR) is 72.3 cm³/mol. The van der Waals surface area contributed by atoms with Crippen molar-refractivity contribution in [3.8, 4) is 0 Å². The van der Waals surface area contributed by atoms with Gasteiger partial charge in [-0.1, -0.05) is 17.7 Å². The number of hydrogen-bond acceptors (Lipinski definition) is 2. The topological polar surface area (TPSA) is 20.2 Å². The van der Waals surface area contributed by atoms with Gasteiger partial charge in [0.15, 0.2) is 0 Å². The van der Waals surface area contributed by atoms with Gasteiger partial charge in [-0.25, -0.2) is 0 Å². The van der Waals surface area contributed by atoms with E-state index < -0.39 is 6.10 Å². The molecule has 1 nitrogen and oxygen atoms in total. The van der Waals surface area contributed by atoms with E-state index in [1.807, 2.05) is 35.9 Å². The molecule has 1 heterocycles. The Morgan fingerprint density at radius 2 is 2.06 bits per heavy atom. The SMILES string of the molecule is Cc1ccc(Cl)cc1C(O)c1cscc1Br. The van der Waals surface area contributed by atoms with Crippen LogP contribution in [0, 0.1) is 6.92 Å². The van der Waals surface area contributed by atoms with Gasteiger partial charge in [-0.05, 0) is 51.5 Å². The van der Waals surface area contributed by atoms with Crippen molar-refractivity contribution >= 4 is 38.9 Å². The molecule has 0 bridgehead atoms. The number of aryl methyl sites for hydroxylation is 1. The fourth-order valence-corrected chi connectivity index (χ4v) is 3.27. The second-order valence-corrected chi connectivity index (χ2v) is 5.61. The Morgan fingerprint density at radius 1 is 1.31 bits per heavy atom. The second kappa shape index (κ2) is 4.88. The summed E-state index contributed by atoms with van der Waals surface area (Å²) < 4.78 is 0.935. The number of benzene rings is 1.